The van der Waals surface area contributed by atoms with E-state index in [0.29, 0.717) is 32.5 Å². The highest BCUT2D eigenvalue weighted by Crippen LogP contribution is 2.35. The molecule has 0 aromatic rings. The van der Waals surface area contributed by atoms with E-state index in [4.69, 9.17) is 9.84 Å². The summed E-state index contributed by atoms with van der Waals surface area (Å²) in [5.74, 6) is -0.0353. The van der Waals surface area contributed by atoms with Crippen molar-refractivity contribution in [3.05, 3.63) is 0 Å². The molecule has 3 amide bonds. The molecule has 3 rings (SSSR count). The van der Waals surface area contributed by atoms with Gasteiger partial charge in [0.1, 0.15) is 6.04 Å². The van der Waals surface area contributed by atoms with Crippen LogP contribution in [0.4, 0.5) is 4.79 Å². The Labute approximate surface area is 154 Å². The van der Waals surface area contributed by atoms with E-state index in [-0.39, 0.29) is 17.4 Å². The number of carbonyl (C=O) groups excluding carboxylic acids is 2. The van der Waals surface area contributed by atoms with Crippen LogP contribution in [0.5, 0.6) is 0 Å². The predicted molar refractivity (Wildman–Crippen MR) is 93.7 cm³/mol. The van der Waals surface area contributed by atoms with Crippen molar-refractivity contribution in [2.75, 3.05) is 39.3 Å². The van der Waals surface area contributed by atoms with E-state index in [2.05, 4.69) is 0 Å². The molecule has 0 unspecified atom stereocenters. The van der Waals surface area contributed by atoms with Crippen LogP contribution in [0, 0.1) is 0 Å². The minimum Gasteiger partial charge on any atom is -0.465 e. The Morgan fingerprint density at radius 3 is 2.54 bits per heavy atom. The number of nitrogens with zero attached hydrogens (tertiary/aromatic N) is 3. The Hall–Kier alpha value is -1.83. The van der Waals surface area contributed by atoms with Gasteiger partial charge in [-0.05, 0) is 39.0 Å². The maximum absolute atomic E-state index is 12.4. The first-order valence-electron chi connectivity index (χ1n) is 9.62. The largest absolute Gasteiger partial charge is 0.465 e. The topological polar surface area (TPSA) is 90.4 Å². The van der Waals surface area contributed by atoms with Crippen LogP contribution in [-0.2, 0) is 14.3 Å². The van der Waals surface area contributed by atoms with Crippen molar-refractivity contribution in [2.24, 2.45) is 0 Å². The smallest absolute Gasteiger partial charge is 0.408 e. The minimum atomic E-state index is -1.06. The van der Waals surface area contributed by atoms with Crippen LogP contribution in [-0.4, -0.2) is 88.7 Å². The van der Waals surface area contributed by atoms with Crippen LogP contribution in [0.2, 0.25) is 0 Å². The quantitative estimate of drug-likeness (QED) is 0.805. The van der Waals surface area contributed by atoms with Gasteiger partial charge in [-0.25, -0.2) is 4.79 Å². The van der Waals surface area contributed by atoms with Gasteiger partial charge in [-0.1, -0.05) is 0 Å². The molecule has 8 heteroatoms. The van der Waals surface area contributed by atoms with Gasteiger partial charge in [0.25, 0.3) is 0 Å². The third-order valence-corrected chi connectivity index (χ3v) is 6.02. The fourth-order valence-electron chi connectivity index (χ4n) is 4.31. The Morgan fingerprint density at radius 2 is 1.92 bits per heavy atom. The molecule has 0 aromatic carbocycles. The fourth-order valence-corrected chi connectivity index (χ4v) is 4.31. The van der Waals surface area contributed by atoms with Crippen molar-refractivity contribution in [1.29, 1.82) is 0 Å². The average molecular weight is 367 g/mol. The number of rotatable bonds is 4. The lowest BCUT2D eigenvalue weighted by Crippen LogP contribution is -2.57. The van der Waals surface area contributed by atoms with Gasteiger partial charge < -0.3 is 19.6 Å². The maximum atomic E-state index is 12.4. The highest BCUT2D eigenvalue weighted by atomic mass is 16.5. The third-order valence-electron chi connectivity index (χ3n) is 6.02. The molecule has 1 spiro atoms. The maximum Gasteiger partial charge on any atom is 0.408 e. The van der Waals surface area contributed by atoms with E-state index >= 15 is 0 Å². The molecular weight excluding hydrogens is 338 g/mol. The van der Waals surface area contributed by atoms with Gasteiger partial charge in [-0.2, -0.15) is 0 Å². The van der Waals surface area contributed by atoms with Crippen LogP contribution < -0.4 is 0 Å². The molecule has 3 heterocycles. The molecule has 0 radical (unpaired) electrons. The monoisotopic (exact) mass is 367 g/mol. The first-order valence-corrected chi connectivity index (χ1v) is 9.62. The summed E-state index contributed by atoms with van der Waals surface area (Å²) in [6.45, 7) is 5.19. The first kappa shape index (κ1) is 18.9. The predicted octanol–water partition coefficient (Wildman–Crippen LogP) is 1.15. The average Bonchev–Trinajstić information content (AvgIpc) is 3.07. The molecule has 8 nitrogen and oxygen atoms in total. The SMILES string of the molecule is C[C@H]1C(=O)N(CCCC(=O)N2CCC3(CCCO3)CC2)CCN1C(=O)O. The molecule has 0 aliphatic carbocycles. The molecule has 146 valence electrons. The number of piperazine rings is 1. The summed E-state index contributed by atoms with van der Waals surface area (Å²) >= 11 is 0. The van der Waals surface area contributed by atoms with Gasteiger partial charge in [-0.15, -0.1) is 0 Å². The zero-order chi connectivity index (χ0) is 18.7. The van der Waals surface area contributed by atoms with E-state index < -0.39 is 12.1 Å². The Bertz CT molecular complexity index is 551. The highest BCUT2D eigenvalue weighted by molar-refractivity contribution is 5.86. The molecule has 3 fully saturated rings. The van der Waals surface area contributed by atoms with Gasteiger partial charge >= 0.3 is 6.09 Å². The van der Waals surface area contributed by atoms with Gasteiger partial charge in [0.2, 0.25) is 11.8 Å². The summed E-state index contributed by atoms with van der Waals surface area (Å²) in [6, 6.07) is -0.651. The van der Waals surface area contributed by atoms with Gasteiger partial charge in [0, 0.05) is 45.8 Å². The second-order valence-electron chi connectivity index (χ2n) is 7.60. The van der Waals surface area contributed by atoms with Gasteiger partial charge in [0.15, 0.2) is 0 Å². The number of carbonyl (C=O) groups is 3. The summed E-state index contributed by atoms with van der Waals surface area (Å²) in [5, 5.41) is 9.08. The molecule has 0 bridgehead atoms. The van der Waals surface area contributed by atoms with Crippen LogP contribution in [0.1, 0.15) is 45.4 Å². The molecule has 1 N–H and O–H groups in total. The Balaban J connectivity index is 1.39. The van der Waals surface area contributed by atoms with Crippen molar-refractivity contribution >= 4 is 17.9 Å². The molecule has 0 aromatic heterocycles. The molecule has 3 aliphatic heterocycles. The number of hydrogen-bond acceptors (Lipinski definition) is 4. The summed E-state index contributed by atoms with van der Waals surface area (Å²) in [6.07, 6.45) is 4.05. The fraction of sp³-hybridized carbons (Fsp3) is 0.833. The highest BCUT2D eigenvalue weighted by Gasteiger charge is 2.39. The Kier molecular flexibility index (Phi) is 5.70. The molecule has 1 atom stereocenters. The van der Waals surface area contributed by atoms with Crippen LogP contribution in [0.3, 0.4) is 0 Å². The lowest BCUT2D eigenvalue weighted by Gasteiger charge is -2.39. The molecule has 0 saturated carbocycles. The van der Waals surface area contributed by atoms with Crippen molar-refractivity contribution in [3.63, 3.8) is 0 Å². The number of hydrogen-bond donors (Lipinski definition) is 1. The number of piperidine rings is 1. The van der Waals surface area contributed by atoms with E-state index in [1.54, 1.807) is 11.8 Å². The summed E-state index contributed by atoms with van der Waals surface area (Å²) in [4.78, 5) is 40.5. The zero-order valence-electron chi connectivity index (χ0n) is 15.5. The number of carboxylic acid groups (broad SMARTS) is 1. The van der Waals surface area contributed by atoms with Crippen molar-refractivity contribution < 1.29 is 24.2 Å². The van der Waals surface area contributed by atoms with Crippen molar-refractivity contribution in [2.45, 2.75) is 57.1 Å². The van der Waals surface area contributed by atoms with Gasteiger partial charge in [-0.3, -0.25) is 14.5 Å². The zero-order valence-corrected chi connectivity index (χ0v) is 15.5. The van der Waals surface area contributed by atoms with Crippen LogP contribution in [0.15, 0.2) is 0 Å². The number of amides is 3. The number of ether oxygens (including phenoxy) is 1. The minimum absolute atomic E-state index is 0.0170. The second kappa shape index (κ2) is 7.82. The van der Waals surface area contributed by atoms with Crippen molar-refractivity contribution in [1.82, 2.24) is 14.7 Å². The second-order valence-corrected chi connectivity index (χ2v) is 7.60. The van der Waals surface area contributed by atoms with Crippen LogP contribution in [0.25, 0.3) is 0 Å². The van der Waals surface area contributed by atoms with Crippen molar-refractivity contribution in [3.8, 4) is 0 Å². The summed E-state index contributed by atoms with van der Waals surface area (Å²) < 4.78 is 5.89. The summed E-state index contributed by atoms with van der Waals surface area (Å²) in [7, 11) is 0. The third kappa shape index (κ3) is 3.95. The molecule has 3 aliphatic rings. The lowest BCUT2D eigenvalue weighted by atomic mass is 9.88. The summed E-state index contributed by atoms with van der Waals surface area (Å²) in [5.41, 5.74) is 0.0170. The van der Waals surface area contributed by atoms with E-state index in [1.165, 1.54) is 4.90 Å². The molecule has 3 saturated heterocycles. The Morgan fingerprint density at radius 1 is 1.19 bits per heavy atom. The standard InChI is InChI=1S/C18H29N3O5/c1-14-16(23)20(11-12-21(14)17(24)25)8-2-4-15(22)19-9-6-18(7-10-19)5-3-13-26-18/h14H,2-13H2,1H3,(H,24,25)/t14-/m0/s1. The molecule has 26 heavy (non-hydrogen) atoms. The normalized spacial score (nSPS) is 25.8. The van der Waals surface area contributed by atoms with E-state index in [0.717, 1.165) is 45.4 Å². The first-order chi connectivity index (χ1) is 12.4. The van der Waals surface area contributed by atoms with E-state index in [1.807, 2.05) is 4.90 Å². The van der Waals surface area contributed by atoms with Gasteiger partial charge in [0.05, 0.1) is 5.60 Å². The molecular formula is C18H29N3O5. The van der Waals surface area contributed by atoms with E-state index in [9.17, 15) is 14.4 Å². The number of likely N-dealkylation sites (tertiary alicyclic amines) is 1. The lowest BCUT2D eigenvalue weighted by molar-refractivity contribution is -0.141. The van der Waals surface area contributed by atoms with Crippen LogP contribution >= 0.6 is 0 Å².